The van der Waals surface area contributed by atoms with Gasteiger partial charge in [-0.15, -0.1) is 5.10 Å². The second-order valence-corrected chi connectivity index (χ2v) is 7.58. The van der Waals surface area contributed by atoms with Gasteiger partial charge >= 0.3 is 5.97 Å². The van der Waals surface area contributed by atoms with Crippen LogP contribution in [0.3, 0.4) is 0 Å². The highest BCUT2D eigenvalue weighted by atomic mass is 32.1. The largest absolute Gasteiger partial charge is 0.469 e. The number of carbonyl (C=O) groups is 1. The quantitative estimate of drug-likeness (QED) is 0.456. The summed E-state index contributed by atoms with van der Waals surface area (Å²) in [5.41, 5.74) is 1.15. The summed E-state index contributed by atoms with van der Waals surface area (Å²) in [7, 11) is 1.45. The van der Waals surface area contributed by atoms with Gasteiger partial charge in [0.15, 0.2) is 16.4 Å². The van der Waals surface area contributed by atoms with Crippen molar-refractivity contribution in [3.05, 3.63) is 59.1 Å². The fourth-order valence-corrected chi connectivity index (χ4v) is 3.95. The maximum Gasteiger partial charge on any atom is 0.308 e. The number of benzene rings is 1. The van der Waals surface area contributed by atoms with Crippen molar-refractivity contribution < 1.29 is 13.9 Å². The number of hydrogen-bond donors (Lipinski definition) is 0. The van der Waals surface area contributed by atoms with Gasteiger partial charge in [-0.3, -0.25) is 14.3 Å². The zero-order valence-corrected chi connectivity index (χ0v) is 17.2. The molecule has 0 N–H and O–H groups in total. The molecule has 29 heavy (non-hydrogen) atoms. The Morgan fingerprint density at radius 3 is 2.62 bits per heavy atom. The minimum atomic E-state index is -0.117. The van der Waals surface area contributed by atoms with E-state index in [1.807, 2.05) is 39.6 Å². The molecule has 1 saturated heterocycles. The molecule has 8 heteroatoms. The molecule has 0 unspecified atom stereocenters. The number of methoxy groups -OCH3 is 1. The third kappa shape index (κ3) is 4.33. The summed E-state index contributed by atoms with van der Waals surface area (Å²) >= 11 is 5.76. The number of rotatable bonds is 6. The molecular weight excluding hydrogens is 388 g/mol. The van der Waals surface area contributed by atoms with Crippen molar-refractivity contribution in [1.29, 1.82) is 0 Å². The lowest BCUT2D eigenvalue weighted by atomic mass is 9.97. The second kappa shape index (κ2) is 8.75. The van der Waals surface area contributed by atoms with Gasteiger partial charge in [0.2, 0.25) is 0 Å². The standard InChI is InChI=1S/C21H24N4O3S/c1-27-20(26)17-9-11-23(12-10-17)15-25-21(29)24(14-16-6-3-2-4-7-16)19(22-25)18-8-5-13-28-18/h2-8,13,17H,9-12,14-15H2,1H3. The Morgan fingerprint density at radius 2 is 1.97 bits per heavy atom. The first-order valence-corrected chi connectivity index (χ1v) is 10.1. The summed E-state index contributed by atoms with van der Waals surface area (Å²) in [6, 6.07) is 13.9. The number of nitrogens with zero attached hydrogens (tertiary/aromatic N) is 4. The van der Waals surface area contributed by atoms with Crippen molar-refractivity contribution in [2.75, 3.05) is 20.2 Å². The van der Waals surface area contributed by atoms with Crippen LogP contribution in [0.15, 0.2) is 53.1 Å². The minimum absolute atomic E-state index is 0.0152. The van der Waals surface area contributed by atoms with Crippen LogP contribution >= 0.6 is 12.2 Å². The topological polar surface area (TPSA) is 65.4 Å². The monoisotopic (exact) mass is 412 g/mol. The van der Waals surface area contributed by atoms with Gasteiger partial charge in [0.25, 0.3) is 0 Å². The van der Waals surface area contributed by atoms with Gasteiger partial charge in [0, 0.05) is 13.1 Å². The van der Waals surface area contributed by atoms with E-state index in [9.17, 15) is 4.79 Å². The molecule has 0 radical (unpaired) electrons. The smallest absolute Gasteiger partial charge is 0.308 e. The maximum absolute atomic E-state index is 11.8. The van der Waals surface area contributed by atoms with Crippen LogP contribution in [0.2, 0.25) is 0 Å². The lowest BCUT2D eigenvalue weighted by molar-refractivity contribution is -0.147. The maximum atomic E-state index is 11.8. The fourth-order valence-electron chi connectivity index (χ4n) is 3.70. The Hall–Kier alpha value is -2.71. The van der Waals surface area contributed by atoms with Crippen LogP contribution in [-0.2, 0) is 22.7 Å². The third-order valence-corrected chi connectivity index (χ3v) is 5.74. The Labute approximate surface area is 174 Å². The summed E-state index contributed by atoms with van der Waals surface area (Å²) in [4.78, 5) is 14.0. The minimum Gasteiger partial charge on any atom is -0.469 e. The van der Waals surface area contributed by atoms with Crippen LogP contribution in [-0.4, -0.2) is 45.4 Å². The van der Waals surface area contributed by atoms with Gasteiger partial charge in [-0.2, -0.15) is 0 Å². The first kappa shape index (κ1) is 19.6. The lowest BCUT2D eigenvalue weighted by Crippen LogP contribution is -2.38. The summed E-state index contributed by atoms with van der Waals surface area (Å²) < 4.78 is 15.0. The second-order valence-electron chi connectivity index (χ2n) is 7.21. The van der Waals surface area contributed by atoms with E-state index in [0.717, 1.165) is 31.5 Å². The molecule has 0 amide bonds. The van der Waals surface area contributed by atoms with Crippen LogP contribution in [0, 0.1) is 10.7 Å². The zero-order chi connectivity index (χ0) is 20.2. The summed E-state index contributed by atoms with van der Waals surface area (Å²) in [6.07, 6.45) is 3.22. The first-order chi connectivity index (χ1) is 14.2. The van der Waals surface area contributed by atoms with Gasteiger partial charge in [0.1, 0.15) is 0 Å². The molecule has 152 valence electrons. The molecule has 1 aromatic carbocycles. The van der Waals surface area contributed by atoms with E-state index in [0.29, 0.717) is 29.6 Å². The van der Waals surface area contributed by atoms with Gasteiger partial charge in [0.05, 0.1) is 32.5 Å². The van der Waals surface area contributed by atoms with E-state index in [2.05, 4.69) is 17.0 Å². The number of esters is 1. The molecule has 3 heterocycles. The number of hydrogen-bond acceptors (Lipinski definition) is 6. The number of piperidine rings is 1. The Bertz CT molecular complexity index is 1000. The molecule has 0 saturated carbocycles. The SMILES string of the molecule is COC(=O)C1CCN(Cn2nc(-c3ccco3)n(Cc3ccccc3)c2=S)CC1. The molecule has 2 aromatic heterocycles. The molecule has 1 fully saturated rings. The zero-order valence-electron chi connectivity index (χ0n) is 16.4. The highest BCUT2D eigenvalue weighted by Crippen LogP contribution is 2.22. The van der Waals surface area contributed by atoms with Crippen molar-refractivity contribution >= 4 is 18.2 Å². The van der Waals surface area contributed by atoms with Crippen molar-refractivity contribution in [2.24, 2.45) is 5.92 Å². The highest BCUT2D eigenvalue weighted by Gasteiger charge is 2.26. The molecule has 0 atom stereocenters. The highest BCUT2D eigenvalue weighted by molar-refractivity contribution is 7.71. The van der Waals surface area contributed by atoms with E-state index in [1.165, 1.54) is 7.11 Å². The Morgan fingerprint density at radius 1 is 1.21 bits per heavy atom. The van der Waals surface area contributed by atoms with Gasteiger partial charge in [-0.1, -0.05) is 30.3 Å². The van der Waals surface area contributed by atoms with E-state index < -0.39 is 0 Å². The lowest BCUT2D eigenvalue weighted by Gasteiger charge is -2.30. The predicted octanol–water partition coefficient (Wildman–Crippen LogP) is 3.56. The molecule has 0 aliphatic carbocycles. The van der Waals surface area contributed by atoms with Crippen molar-refractivity contribution in [3.8, 4) is 11.6 Å². The fraction of sp³-hybridized carbons (Fsp3) is 0.381. The van der Waals surface area contributed by atoms with Gasteiger partial charge in [-0.05, 0) is 42.8 Å². The van der Waals surface area contributed by atoms with E-state index in [4.69, 9.17) is 26.5 Å². The van der Waals surface area contributed by atoms with Gasteiger partial charge in [-0.25, -0.2) is 4.68 Å². The van der Waals surface area contributed by atoms with Crippen molar-refractivity contribution in [1.82, 2.24) is 19.2 Å². The number of carbonyl (C=O) groups excluding carboxylic acids is 1. The van der Waals surface area contributed by atoms with Crippen LogP contribution in [0.5, 0.6) is 0 Å². The molecule has 1 aliphatic rings. The van der Waals surface area contributed by atoms with E-state index in [-0.39, 0.29) is 11.9 Å². The van der Waals surface area contributed by atoms with Gasteiger partial charge < -0.3 is 9.15 Å². The molecule has 7 nitrogen and oxygen atoms in total. The third-order valence-electron chi connectivity index (χ3n) is 5.30. The molecule has 0 bridgehead atoms. The Kier molecular flexibility index (Phi) is 5.92. The number of ether oxygens (including phenoxy) is 1. The van der Waals surface area contributed by atoms with Crippen LogP contribution in [0.1, 0.15) is 18.4 Å². The summed E-state index contributed by atoms with van der Waals surface area (Å²) in [5, 5.41) is 4.76. The van der Waals surface area contributed by atoms with Crippen molar-refractivity contribution in [2.45, 2.75) is 26.1 Å². The normalized spacial score (nSPS) is 15.5. The van der Waals surface area contributed by atoms with Crippen LogP contribution in [0.4, 0.5) is 0 Å². The molecule has 0 spiro atoms. The number of furan rings is 1. The average Bonchev–Trinajstić information content (AvgIpc) is 3.39. The molecule has 3 aromatic rings. The summed E-state index contributed by atoms with van der Waals surface area (Å²) in [6.45, 7) is 2.83. The van der Waals surface area contributed by atoms with E-state index >= 15 is 0 Å². The number of likely N-dealkylation sites (tertiary alicyclic amines) is 1. The predicted molar refractivity (Wildman–Crippen MR) is 111 cm³/mol. The average molecular weight is 413 g/mol. The van der Waals surface area contributed by atoms with Crippen LogP contribution in [0.25, 0.3) is 11.6 Å². The van der Waals surface area contributed by atoms with E-state index in [1.54, 1.807) is 6.26 Å². The summed E-state index contributed by atoms with van der Waals surface area (Å²) in [5.74, 6) is 1.27. The molecule has 1 aliphatic heterocycles. The molecule has 4 rings (SSSR count). The van der Waals surface area contributed by atoms with Crippen LogP contribution < -0.4 is 0 Å². The van der Waals surface area contributed by atoms with Crippen molar-refractivity contribution in [3.63, 3.8) is 0 Å². The Balaban J connectivity index is 1.56. The number of aromatic nitrogens is 3. The first-order valence-electron chi connectivity index (χ1n) is 9.71. The molecular formula is C21H24N4O3S.